The molecule has 128 valence electrons. The summed E-state index contributed by atoms with van der Waals surface area (Å²) in [7, 11) is 0. The number of carbonyl (C=O) groups is 1. The van der Waals surface area contributed by atoms with Crippen molar-refractivity contribution in [2.24, 2.45) is 0 Å². The lowest BCUT2D eigenvalue weighted by Gasteiger charge is -2.21. The van der Waals surface area contributed by atoms with Gasteiger partial charge in [-0.3, -0.25) is 4.79 Å². The lowest BCUT2D eigenvalue weighted by molar-refractivity contribution is -0.115. The van der Waals surface area contributed by atoms with E-state index in [-0.39, 0.29) is 5.91 Å². The number of hydrogen-bond acceptors (Lipinski definition) is 4. The number of amides is 1. The Morgan fingerprint density at radius 1 is 1.12 bits per heavy atom. The second-order valence-corrected chi connectivity index (χ2v) is 6.53. The summed E-state index contributed by atoms with van der Waals surface area (Å²) in [5.74, 6) is 1.23. The van der Waals surface area contributed by atoms with E-state index in [4.69, 9.17) is 0 Å². The average molecular weight is 391 g/mol. The van der Waals surface area contributed by atoms with Crippen molar-refractivity contribution in [1.29, 1.82) is 0 Å². The minimum absolute atomic E-state index is 0.103. The first-order chi connectivity index (χ1) is 11.6. The molecule has 0 spiro atoms. The number of carbonyl (C=O) groups excluding carboxylic acids is 1. The van der Waals surface area contributed by atoms with Gasteiger partial charge in [-0.15, -0.1) is 10.2 Å². The molecule has 0 saturated carbocycles. The van der Waals surface area contributed by atoms with Crippen LogP contribution in [0.2, 0.25) is 0 Å². The van der Waals surface area contributed by atoms with Crippen LogP contribution in [0.15, 0.2) is 40.9 Å². The maximum absolute atomic E-state index is 12.1. The van der Waals surface area contributed by atoms with Crippen molar-refractivity contribution >= 4 is 33.5 Å². The van der Waals surface area contributed by atoms with E-state index in [0.29, 0.717) is 12.2 Å². The van der Waals surface area contributed by atoms with E-state index in [9.17, 15) is 4.79 Å². The first-order valence-corrected chi connectivity index (χ1v) is 9.04. The van der Waals surface area contributed by atoms with Crippen molar-refractivity contribution in [2.75, 3.05) is 23.3 Å². The molecule has 6 heteroatoms. The third-order valence-corrected chi connectivity index (χ3v) is 3.98. The van der Waals surface area contributed by atoms with E-state index in [0.717, 1.165) is 41.8 Å². The summed E-state index contributed by atoms with van der Waals surface area (Å²) >= 11 is 3.41. The molecule has 0 aliphatic heterocycles. The van der Waals surface area contributed by atoms with Crippen molar-refractivity contribution in [2.45, 2.75) is 33.1 Å². The smallest absolute Gasteiger partial charge is 0.229 e. The van der Waals surface area contributed by atoms with Crippen LogP contribution in [-0.4, -0.2) is 29.2 Å². The zero-order chi connectivity index (χ0) is 17.4. The molecule has 2 aromatic rings. The van der Waals surface area contributed by atoms with Crippen molar-refractivity contribution in [3.8, 4) is 0 Å². The van der Waals surface area contributed by atoms with Gasteiger partial charge in [0.1, 0.15) is 0 Å². The molecule has 1 heterocycles. The molecule has 1 N–H and O–H groups in total. The third-order valence-electron chi connectivity index (χ3n) is 3.48. The third kappa shape index (κ3) is 5.60. The van der Waals surface area contributed by atoms with Crippen molar-refractivity contribution < 1.29 is 4.79 Å². The topological polar surface area (TPSA) is 58.1 Å². The Kier molecular flexibility index (Phi) is 7.18. The van der Waals surface area contributed by atoms with Crippen LogP contribution < -0.4 is 10.2 Å². The van der Waals surface area contributed by atoms with Crippen molar-refractivity contribution in [3.63, 3.8) is 0 Å². The predicted octanol–water partition coefficient (Wildman–Crippen LogP) is 4.05. The summed E-state index contributed by atoms with van der Waals surface area (Å²) in [5.41, 5.74) is 0.948. The van der Waals surface area contributed by atoms with Crippen LogP contribution in [0.25, 0.3) is 0 Å². The van der Waals surface area contributed by atoms with Gasteiger partial charge in [-0.2, -0.15) is 0 Å². The lowest BCUT2D eigenvalue weighted by atomic mass is 10.1. The van der Waals surface area contributed by atoms with Crippen molar-refractivity contribution in [1.82, 2.24) is 10.2 Å². The fourth-order valence-electron chi connectivity index (χ4n) is 2.46. The van der Waals surface area contributed by atoms with Gasteiger partial charge in [0.25, 0.3) is 0 Å². The maximum Gasteiger partial charge on any atom is 0.229 e. The molecule has 0 fully saturated rings. The highest BCUT2D eigenvalue weighted by atomic mass is 79.9. The number of rotatable bonds is 8. The van der Waals surface area contributed by atoms with E-state index < -0.39 is 0 Å². The summed E-state index contributed by atoms with van der Waals surface area (Å²) in [5, 5.41) is 11.2. The molecular weight excluding hydrogens is 368 g/mol. The molecule has 1 aromatic heterocycles. The van der Waals surface area contributed by atoms with Gasteiger partial charge in [-0.1, -0.05) is 41.9 Å². The minimum Gasteiger partial charge on any atom is -0.355 e. The van der Waals surface area contributed by atoms with Crippen molar-refractivity contribution in [3.05, 3.63) is 46.4 Å². The highest BCUT2D eigenvalue weighted by Gasteiger charge is 2.09. The first-order valence-electron chi connectivity index (χ1n) is 8.25. The zero-order valence-corrected chi connectivity index (χ0v) is 15.7. The molecule has 24 heavy (non-hydrogen) atoms. The summed E-state index contributed by atoms with van der Waals surface area (Å²) < 4.78 is 0.962. The van der Waals surface area contributed by atoms with Gasteiger partial charge < -0.3 is 10.2 Å². The number of halogens is 1. The van der Waals surface area contributed by atoms with Crippen LogP contribution in [0.1, 0.15) is 32.3 Å². The van der Waals surface area contributed by atoms with Crippen LogP contribution in [0.4, 0.5) is 11.6 Å². The molecule has 5 nitrogen and oxygen atoms in total. The summed E-state index contributed by atoms with van der Waals surface area (Å²) in [6, 6.07) is 11.4. The van der Waals surface area contributed by atoms with E-state index in [1.165, 1.54) is 0 Å². The number of benzene rings is 1. The number of anilines is 2. The van der Waals surface area contributed by atoms with E-state index in [1.54, 1.807) is 6.07 Å². The number of nitrogens with zero attached hydrogens (tertiary/aromatic N) is 3. The molecule has 2 rings (SSSR count). The van der Waals surface area contributed by atoms with Crippen LogP contribution in [0.5, 0.6) is 0 Å². The second-order valence-electron chi connectivity index (χ2n) is 5.62. The van der Waals surface area contributed by atoms with Gasteiger partial charge >= 0.3 is 0 Å². The van der Waals surface area contributed by atoms with Crippen LogP contribution in [0, 0.1) is 0 Å². The largest absolute Gasteiger partial charge is 0.355 e. The Labute approximate surface area is 151 Å². The highest BCUT2D eigenvalue weighted by molar-refractivity contribution is 9.10. The zero-order valence-electron chi connectivity index (χ0n) is 14.1. The predicted molar refractivity (Wildman–Crippen MR) is 101 cm³/mol. The monoisotopic (exact) mass is 390 g/mol. The SMILES string of the molecule is CCCN(CCC)c1ccc(NC(=O)Cc2cccc(Br)c2)nn1. The maximum atomic E-state index is 12.1. The van der Waals surface area contributed by atoms with Gasteiger partial charge in [-0.25, -0.2) is 0 Å². The van der Waals surface area contributed by atoms with Gasteiger partial charge in [0.05, 0.1) is 6.42 Å². The molecule has 0 aliphatic carbocycles. The molecule has 0 unspecified atom stereocenters. The van der Waals surface area contributed by atoms with Crippen LogP contribution >= 0.6 is 15.9 Å². The molecule has 1 aromatic carbocycles. The van der Waals surface area contributed by atoms with E-state index in [1.807, 2.05) is 30.3 Å². The van der Waals surface area contributed by atoms with E-state index in [2.05, 4.69) is 50.2 Å². The Balaban J connectivity index is 1.96. The number of aromatic nitrogens is 2. The van der Waals surface area contributed by atoms with E-state index >= 15 is 0 Å². The van der Waals surface area contributed by atoms with Crippen LogP contribution in [0.3, 0.4) is 0 Å². The molecule has 0 atom stereocenters. The highest BCUT2D eigenvalue weighted by Crippen LogP contribution is 2.14. The number of hydrogen-bond donors (Lipinski definition) is 1. The molecule has 0 saturated heterocycles. The fourth-order valence-corrected chi connectivity index (χ4v) is 2.91. The first kappa shape index (κ1) is 18.4. The Bertz CT molecular complexity index is 654. The summed E-state index contributed by atoms with van der Waals surface area (Å²) in [6.07, 6.45) is 2.43. The molecular formula is C18H23BrN4O. The molecule has 0 bridgehead atoms. The Morgan fingerprint density at radius 3 is 2.46 bits per heavy atom. The van der Waals surface area contributed by atoms with Crippen LogP contribution in [-0.2, 0) is 11.2 Å². The summed E-state index contributed by atoms with van der Waals surface area (Å²) in [6.45, 7) is 6.20. The van der Waals surface area contributed by atoms with Gasteiger partial charge in [0.2, 0.25) is 5.91 Å². The summed E-state index contributed by atoms with van der Waals surface area (Å²) in [4.78, 5) is 14.3. The number of nitrogens with one attached hydrogen (secondary N) is 1. The van der Waals surface area contributed by atoms with Gasteiger partial charge in [0, 0.05) is 17.6 Å². The molecule has 1 amide bonds. The lowest BCUT2D eigenvalue weighted by Crippen LogP contribution is -2.26. The molecule has 0 aliphatic rings. The minimum atomic E-state index is -0.103. The quantitative estimate of drug-likeness (QED) is 0.738. The van der Waals surface area contributed by atoms with Gasteiger partial charge in [0.15, 0.2) is 11.6 Å². The second kappa shape index (κ2) is 9.37. The fraction of sp³-hybridized carbons (Fsp3) is 0.389. The molecule has 0 radical (unpaired) electrons. The normalized spacial score (nSPS) is 10.5. The Hall–Kier alpha value is -1.95. The standard InChI is InChI=1S/C18H23BrN4O/c1-3-10-23(11-4-2)17-9-8-16(21-22-17)20-18(24)13-14-6-5-7-15(19)12-14/h5-9,12H,3-4,10-11,13H2,1-2H3,(H,20,21,24). The van der Waals surface area contributed by atoms with Gasteiger partial charge in [-0.05, 0) is 42.7 Å². The Morgan fingerprint density at radius 2 is 1.88 bits per heavy atom. The average Bonchev–Trinajstić information content (AvgIpc) is 2.55.